The number of rotatable bonds is 6. The van der Waals surface area contributed by atoms with Gasteiger partial charge in [-0.25, -0.2) is 4.79 Å². The van der Waals surface area contributed by atoms with Gasteiger partial charge in [0.15, 0.2) is 0 Å². The Bertz CT molecular complexity index is 155. The van der Waals surface area contributed by atoms with Crippen LogP contribution in [0.2, 0.25) is 0 Å². The summed E-state index contributed by atoms with van der Waals surface area (Å²) in [5.74, 6) is -0.530. The van der Waals surface area contributed by atoms with E-state index in [9.17, 15) is 9.69 Å². The van der Waals surface area contributed by atoms with Gasteiger partial charge in [0.1, 0.15) is 0 Å². The Hall–Kier alpha value is -0.220. The molecular formula is C7H16O5P+. The molecule has 0 aromatic heterocycles. The van der Waals surface area contributed by atoms with Crippen LogP contribution in [0.15, 0.2) is 0 Å². The van der Waals surface area contributed by atoms with Crippen molar-refractivity contribution in [3.63, 3.8) is 0 Å². The lowest BCUT2D eigenvalue weighted by atomic mass is 10.8. The molecule has 0 radical (unpaired) electrons. The van der Waals surface area contributed by atoms with Crippen molar-refractivity contribution in [1.29, 1.82) is 0 Å². The highest BCUT2D eigenvalue weighted by Gasteiger charge is 2.43. The molecule has 6 heteroatoms. The standard InChI is InChI=1S/C7H16O5P/c1-4-11-13(9,12-5-2)6-7(8)10-3/h9H,4-6H2,1-3H3/q+1. The average molecular weight is 211 g/mol. The molecule has 0 aliphatic carbocycles. The summed E-state index contributed by atoms with van der Waals surface area (Å²) in [7, 11) is -1.76. The number of carbonyl (C=O) groups is 1. The number of esters is 1. The molecule has 0 aromatic carbocycles. The molecule has 0 unspecified atom stereocenters. The second-order valence-electron chi connectivity index (χ2n) is 2.21. The monoisotopic (exact) mass is 211 g/mol. The fourth-order valence-corrected chi connectivity index (χ4v) is 2.28. The Morgan fingerprint density at radius 3 is 2.08 bits per heavy atom. The number of hydrogen-bond acceptors (Lipinski definition) is 5. The Kier molecular flexibility index (Phi) is 6.16. The Balaban J connectivity index is 4.13. The predicted octanol–water partition coefficient (Wildman–Crippen LogP) is 0.987. The minimum atomic E-state index is -3.02. The Morgan fingerprint density at radius 2 is 1.77 bits per heavy atom. The van der Waals surface area contributed by atoms with Crippen molar-refractivity contribution in [3.8, 4) is 0 Å². The van der Waals surface area contributed by atoms with Crippen molar-refractivity contribution in [3.05, 3.63) is 0 Å². The van der Waals surface area contributed by atoms with E-state index in [1.807, 2.05) is 0 Å². The number of ether oxygens (including phenoxy) is 1. The van der Waals surface area contributed by atoms with Gasteiger partial charge in [-0.3, -0.25) is 0 Å². The molecule has 5 nitrogen and oxygen atoms in total. The molecule has 0 aliphatic rings. The van der Waals surface area contributed by atoms with E-state index in [-0.39, 0.29) is 6.16 Å². The van der Waals surface area contributed by atoms with Crippen molar-refractivity contribution in [2.45, 2.75) is 13.8 Å². The SMILES string of the molecule is CCO[P+](O)(CC(=O)OC)OCC. The van der Waals surface area contributed by atoms with Crippen molar-refractivity contribution in [2.75, 3.05) is 26.5 Å². The number of carbonyl (C=O) groups excluding carboxylic acids is 1. The van der Waals surface area contributed by atoms with E-state index < -0.39 is 13.9 Å². The molecule has 0 heterocycles. The molecule has 1 N–H and O–H groups in total. The summed E-state index contributed by atoms with van der Waals surface area (Å²) in [6.45, 7) is 4.06. The fourth-order valence-electron chi connectivity index (χ4n) is 0.760. The lowest BCUT2D eigenvalue weighted by Crippen LogP contribution is -2.15. The quantitative estimate of drug-likeness (QED) is 0.524. The lowest BCUT2D eigenvalue weighted by Gasteiger charge is -2.14. The van der Waals surface area contributed by atoms with Gasteiger partial charge in [0.05, 0.1) is 20.3 Å². The summed E-state index contributed by atoms with van der Waals surface area (Å²) in [5.41, 5.74) is 0. The first kappa shape index (κ1) is 12.8. The minimum absolute atomic E-state index is 0.217. The highest BCUT2D eigenvalue weighted by Crippen LogP contribution is 2.56. The van der Waals surface area contributed by atoms with Crippen LogP contribution in [-0.4, -0.2) is 37.3 Å². The summed E-state index contributed by atoms with van der Waals surface area (Å²) in [4.78, 5) is 20.5. The third kappa shape index (κ3) is 5.16. The van der Waals surface area contributed by atoms with E-state index in [1.165, 1.54) is 7.11 Å². The van der Waals surface area contributed by atoms with E-state index in [4.69, 9.17) is 9.05 Å². The summed E-state index contributed by atoms with van der Waals surface area (Å²) < 4.78 is 14.4. The summed E-state index contributed by atoms with van der Waals surface area (Å²) in [5, 5.41) is 0. The molecule has 13 heavy (non-hydrogen) atoms. The molecule has 0 atom stereocenters. The topological polar surface area (TPSA) is 65.0 Å². The van der Waals surface area contributed by atoms with Crippen LogP contribution in [0, 0.1) is 0 Å². The summed E-state index contributed by atoms with van der Waals surface area (Å²) >= 11 is 0. The maximum absolute atomic E-state index is 10.9. The highest BCUT2D eigenvalue weighted by molar-refractivity contribution is 7.61. The lowest BCUT2D eigenvalue weighted by molar-refractivity contribution is -0.138. The molecule has 0 spiro atoms. The van der Waals surface area contributed by atoms with Gasteiger partial charge in [-0.05, 0) is 13.8 Å². The van der Waals surface area contributed by atoms with Crippen molar-refractivity contribution in [1.82, 2.24) is 0 Å². The van der Waals surface area contributed by atoms with Gasteiger partial charge in [0.2, 0.25) is 6.16 Å². The second kappa shape index (κ2) is 6.27. The molecule has 0 bridgehead atoms. The summed E-state index contributed by atoms with van der Waals surface area (Å²) in [6.07, 6.45) is -0.217. The maximum atomic E-state index is 10.9. The first-order valence-electron chi connectivity index (χ1n) is 4.04. The molecule has 0 aliphatic heterocycles. The summed E-state index contributed by atoms with van der Waals surface area (Å²) in [6, 6.07) is 0. The van der Waals surface area contributed by atoms with E-state index >= 15 is 0 Å². The van der Waals surface area contributed by atoms with Crippen LogP contribution in [0.4, 0.5) is 0 Å². The van der Waals surface area contributed by atoms with Crippen LogP contribution in [0.5, 0.6) is 0 Å². The minimum Gasteiger partial charge on any atom is -0.466 e. The molecule has 78 valence electrons. The molecule has 0 amide bonds. The largest absolute Gasteiger partial charge is 0.466 e. The van der Waals surface area contributed by atoms with E-state index in [2.05, 4.69) is 4.74 Å². The molecule has 0 aromatic rings. The number of methoxy groups -OCH3 is 1. The van der Waals surface area contributed by atoms with Crippen molar-refractivity contribution in [2.24, 2.45) is 0 Å². The molecular weight excluding hydrogens is 195 g/mol. The third-order valence-corrected chi connectivity index (χ3v) is 3.20. The highest BCUT2D eigenvalue weighted by atomic mass is 31.2. The van der Waals surface area contributed by atoms with Gasteiger partial charge in [-0.1, -0.05) is 0 Å². The van der Waals surface area contributed by atoms with Crippen molar-refractivity contribution < 1.29 is 23.5 Å². The Morgan fingerprint density at radius 1 is 1.31 bits per heavy atom. The van der Waals surface area contributed by atoms with Crippen LogP contribution < -0.4 is 0 Å². The average Bonchev–Trinajstić information content (AvgIpc) is 2.04. The molecule has 0 saturated carbocycles. The first-order valence-corrected chi connectivity index (χ1v) is 5.81. The predicted molar refractivity (Wildman–Crippen MR) is 49.3 cm³/mol. The van der Waals surface area contributed by atoms with E-state index in [0.717, 1.165) is 0 Å². The normalized spacial score (nSPS) is 11.4. The van der Waals surface area contributed by atoms with Gasteiger partial charge in [0, 0.05) is 0 Å². The van der Waals surface area contributed by atoms with E-state index in [1.54, 1.807) is 13.8 Å². The Labute approximate surface area is 78.6 Å². The number of hydrogen-bond donors (Lipinski definition) is 1. The van der Waals surface area contributed by atoms with Crippen LogP contribution in [0.1, 0.15) is 13.8 Å². The van der Waals surface area contributed by atoms with E-state index in [0.29, 0.717) is 13.2 Å². The van der Waals surface area contributed by atoms with Gasteiger partial charge in [-0.15, -0.1) is 0 Å². The zero-order chi connectivity index (χ0) is 10.3. The van der Waals surface area contributed by atoms with Gasteiger partial charge < -0.3 is 4.74 Å². The zero-order valence-corrected chi connectivity index (χ0v) is 9.04. The zero-order valence-electron chi connectivity index (χ0n) is 8.15. The third-order valence-electron chi connectivity index (χ3n) is 1.22. The van der Waals surface area contributed by atoms with Crippen LogP contribution >= 0.6 is 7.94 Å². The van der Waals surface area contributed by atoms with Crippen LogP contribution in [0.3, 0.4) is 0 Å². The van der Waals surface area contributed by atoms with Crippen LogP contribution in [-0.2, 0) is 18.6 Å². The smallest absolute Gasteiger partial charge is 0.420 e. The first-order chi connectivity index (χ1) is 6.08. The van der Waals surface area contributed by atoms with Gasteiger partial charge in [-0.2, -0.15) is 13.9 Å². The van der Waals surface area contributed by atoms with Crippen LogP contribution in [0.25, 0.3) is 0 Å². The molecule has 0 saturated heterocycles. The molecule has 0 rings (SSSR count). The van der Waals surface area contributed by atoms with Gasteiger partial charge >= 0.3 is 13.9 Å². The second-order valence-corrected chi connectivity index (χ2v) is 4.31. The van der Waals surface area contributed by atoms with Gasteiger partial charge in [0.25, 0.3) is 0 Å². The molecule has 0 fully saturated rings. The fraction of sp³-hybridized carbons (Fsp3) is 0.857. The van der Waals surface area contributed by atoms with Crippen molar-refractivity contribution >= 4 is 13.9 Å². The maximum Gasteiger partial charge on any atom is 0.420 e.